The predicted octanol–water partition coefficient (Wildman–Crippen LogP) is 5.32. The van der Waals surface area contributed by atoms with Gasteiger partial charge in [-0.25, -0.2) is 0 Å². The van der Waals surface area contributed by atoms with Gasteiger partial charge in [0.25, 0.3) is 0 Å². The number of rotatable bonds is 6. The molecule has 6 nitrogen and oxygen atoms in total. The molecular weight excluding hydrogens is 384 g/mol. The molecule has 4 rings (SSSR count). The van der Waals surface area contributed by atoms with Gasteiger partial charge >= 0.3 is 0 Å². The lowest BCUT2D eigenvalue weighted by Crippen LogP contribution is -2.42. The van der Waals surface area contributed by atoms with E-state index in [4.69, 9.17) is 4.42 Å². The van der Waals surface area contributed by atoms with E-state index >= 15 is 0 Å². The molecule has 0 bridgehead atoms. The minimum absolute atomic E-state index is 0.182. The van der Waals surface area contributed by atoms with Crippen LogP contribution in [0, 0.1) is 0 Å². The Labute approximate surface area is 177 Å². The fourth-order valence-corrected chi connectivity index (χ4v) is 5.76. The molecule has 158 valence electrons. The summed E-state index contributed by atoms with van der Waals surface area (Å²) in [6.45, 7) is 2.00. The van der Waals surface area contributed by atoms with Crippen molar-refractivity contribution in [1.82, 2.24) is 19.7 Å². The molecule has 2 aromatic heterocycles. The van der Waals surface area contributed by atoms with Crippen molar-refractivity contribution < 1.29 is 9.21 Å². The van der Waals surface area contributed by atoms with E-state index in [1.165, 1.54) is 50.3 Å². The molecule has 2 saturated carbocycles. The maximum Gasteiger partial charge on any atom is 0.235 e. The quantitative estimate of drug-likeness (QED) is 0.597. The third-order valence-electron chi connectivity index (χ3n) is 6.45. The lowest BCUT2D eigenvalue weighted by molar-refractivity contribution is -0.131. The van der Waals surface area contributed by atoms with Crippen LogP contribution in [0.15, 0.2) is 28.0 Å². The van der Waals surface area contributed by atoms with Crippen LogP contribution in [-0.2, 0) is 4.79 Å². The molecule has 2 aliphatic carbocycles. The fraction of sp³-hybridized carbons (Fsp3) is 0.682. The highest BCUT2D eigenvalue weighted by Crippen LogP contribution is 2.37. The molecule has 7 heteroatoms. The van der Waals surface area contributed by atoms with E-state index in [0.29, 0.717) is 12.1 Å². The summed E-state index contributed by atoms with van der Waals surface area (Å²) < 4.78 is 7.86. The van der Waals surface area contributed by atoms with Gasteiger partial charge in [0.05, 0.1) is 11.5 Å². The predicted molar refractivity (Wildman–Crippen MR) is 115 cm³/mol. The zero-order chi connectivity index (χ0) is 20.2. The molecule has 2 aliphatic rings. The van der Waals surface area contributed by atoms with Gasteiger partial charge in [0.2, 0.25) is 11.7 Å². The normalized spacial score (nSPS) is 19.9. The number of amides is 1. The van der Waals surface area contributed by atoms with Crippen molar-refractivity contribution >= 4 is 17.7 Å². The summed E-state index contributed by atoms with van der Waals surface area (Å²) in [4.78, 5) is 15.1. The minimum atomic E-state index is -0.182. The maximum atomic E-state index is 13.1. The van der Waals surface area contributed by atoms with Gasteiger partial charge in [-0.05, 0) is 44.7 Å². The Morgan fingerprint density at radius 2 is 1.83 bits per heavy atom. The number of thioether (sulfide) groups is 1. The molecular formula is C22H32N4O2S. The monoisotopic (exact) mass is 416 g/mol. The van der Waals surface area contributed by atoms with Crippen LogP contribution in [0.2, 0.25) is 0 Å². The maximum absolute atomic E-state index is 13.1. The summed E-state index contributed by atoms with van der Waals surface area (Å²) in [5.74, 6) is 1.72. The second-order valence-electron chi connectivity index (χ2n) is 8.45. The SMILES string of the molecule is CC(Sc1nnc(-c2ccco2)n1C1CCCCC1)C(=O)N(C)C1CCCCC1. The third kappa shape index (κ3) is 4.55. The van der Waals surface area contributed by atoms with Gasteiger partial charge < -0.3 is 9.32 Å². The molecule has 2 heterocycles. The highest BCUT2D eigenvalue weighted by molar-refractivity contribution is 8.00. The molecule has 1 unspecified atom stereocenters. The molecule has 1 amide bonds. The summed E-state index contributed by atoms with van der Waals surface area (Å²) in [5, 5.41) is 9.59. The van der Waals surface area contributed by atoms with Crippen molar-refractivity contribution in [2.24, 2.45) is 0 Å². The molecule has 0 radical (unpaired) electrons. The molecule has 0 N–H and O–H groups in total. The van der Waals surface area contributed by atoms with Gasteiger partial charge in [0, 0.05) is 19.1 Å². The third-order valence-corrected chi connectivity index (χ3v) is 7.49. The Balaban J connectivity index is 1.53. The van der Waals surface area contributed by atoms with Crippen molar-refractivity contribution in [3.8, 4) is 11.6 Å². The van der Waals surface area contributed by atoms with Crippen molar-refractivity contribution in [2.75, 3.05) is 7.05 Å². The van der Waals surface area contributed by atoms with Gasteiger partial charge in [-0.1, -0.05) is 50.3 Å². The average molecular weight is 417 g/mol. The smallest absolute Gasteiger partial charge is 0.235 e. The van der Waals surface area contributed by atoms with Crippen LogP contribution >= 0.6 is 11.8 Å². The fourth-order valence-electron chi connectivity index (χ4n) is 4.74. The lowest BCUT2D eigenvalue weighted by Gasteiger charge is -2.33. The largest absolute Gasteiger partial charge is 0.461 e. The van der Waals surface area contributed by atoms with E-state index in [0.717, 1.165) is 42.4 Å². The molecule has 0 aromatic carbocycles. The van der Waals surface area contributed by atoms with Crippen LogP contribution in [0.25, 0.3) is 11.6 Å². The number of aromatic nitrogens is 3. The van der Waals surface area contributed by atoms with Crippen molar-refractivity contribution in [3.05, 3.63) is 18.4 Å². The Morgan fingerprint density at radius 3 is 2.48 bits per heavy atom. The Morgan fingerprint density at radius 1 is 1.14 bits per heavy atom. The van der Waals surface area contributed by atoms with E-state index in [1.54, 1.807) is 6.26 Å². The van der Waals surface area contributed by atoms with Crippen molar-refractivity contribution in [3.63, 3.8) is 0 Å². The van der Waals surface area contributed by atoms with Crippen molar-refractivity contribution in [1.29, 1.82) is 0 Å². The number of furan rings is 1. The summed E-state index contributed by atoms with van der Waals surface area (Å²) in [6.07, 6.45) is 13.7. The summed E-state index contributed by atoms with van der Waals surface area (Å²) in [7, 11) is 1.97. The van der Waals surface area contributed by atoms with E-state index in [-0.39, 0.29) is 11.2 Å². The van der Waals surface area contributed by atoms with E-state index in [2.05, 4.69) is 14.8 Å². The van der Waals surface area contributed by atoms with Gasteiger partial charge in [0.15, 0.2) is 10.9 Å². The van der Waals surface area contributed by atoms with Gasteiger partial charge in [-0.2, -0.15) is 0 Å². The summed E-state index contributed by atoms with van der Waals surface area (Å²) in [5.41, 5.74) is 0. The molecule has 2 aromatic rings. The van der Waals surface area contributed by atoms with Crippen LogP contribution in [0.1, 0.15) is 77.2 Å². The number of hydrogen-bond acceptors (Lipinski definition) is 5. The topological polar surface area (TPSA) is 64.2 Å². The van der Waals surface area contributed by atoms with E-state index < -0.39 is 0 Å². The molecule has 1 atom stereocenters. The van der Waals surface area contributed by atoms with Crippen LogP contribution in [0.4, 0.5) is 0 Å². The number of carbonyl (C=O) groups is 1. The van der Waals surface area contributed by atoms with Gasteiger partial charge in [0.1, 0.15) is 0 Å². The average Bonchev–Trinajstić information content (AvgIpc) is 3.43. The number of hydrogen-bond donors (Lipinski definition) is 0. The van der Waals surface area contributed by atoms with Crippen LogP contribution in [0.5, 0.6) is 0 Å². The molecule has 29 heavy (non-hydrogen) atoms. The number of nitrogens with zero attached hydrogens (tertiary/aromatic N) is 4. The number of carbonyl (C=O) groups excluding carboxylic acids is 1. The first-order chi connectivity index (χ1) is 14.1. The van der Waals surface area contributed by atoms with Gasteiger partial charge in [-0.15, -0.1) is 10.2 Å². The summed E-state index contributed by atoms with van der Waals surface area (Å²) >= 11 is 1.54. The first kappa shape index (κ1) is 20.5. The van der Waals surface area contributed by atoms with E-state index in [1.807, 2.05) is 31.0 Å². The van der Waals surface area contributed by atoms with E-state index in [9.17, 15) is 4.79 Å². The lowest BCUT2D eigenvalue weighted by atomic mass is 9.94. The Hall–Kier alpha value is -1.76. The van der Waals surface area contributed by atoms with Crippen LogP contribution < -0.4 is 0 Å². The standard InChI is InChI=1S/C22H32N4O2S/c1-16(21(27)25(2)17-10-5-3-6-11-17)29-22-24-23-20(19-14-9-15-28-19)26(22)18-12-7-4-8-13-18/h9,14-18H,3-8,10-13H2,1-2H3. The molecule has 0 spiro atoms. The zero-order valence-electron chi connectivity index (χ0n) is 17.5. The van der Waals surface area contributed by atoms with Crippen LogP contribution in [-0.4, -0.2) is 43.9 Å². The second kappa shape index (κ2) is 9.37. The molecule has 0 aliphatic heterocycles. The summed E-state index contributed by atoms with van der Waals surface area (Å²) in [6, 6.07) is 4.57. The minimum Gasteiger partial charge on any atom is -0.461 e. The highest BCUT2D eigenvalue weighted by atomic mass is 32.2. The first-order valence-electron chi connectivity index (χ1n) is 11.1. The van der Waals surface area contributed by atoms with Gasteiger partial charge in [-0.3, -0.25) is 9.36 Å². The second-order valence-corrected chi connectivity index (χ2v) is 9.75. The molecule has 0 saturated heterocycles. The Bertz CT molecular complexity index is 792. The first-order valence-corrected chi connectivity index (χ1v) is 11.9. The molecule has 2 fully saturated rings. The van der Waals surface area contributed by atoms with Crippen LogP contribution in [0.3, 0.4) is 0 Å². The Kier molecular flexibility index (Phi) is 6.63. The highest BCUT2D eigenvalue weighted by Gasteiger charge is 2.30. The van der Waals surface area contributed by atoms with Crippen molar-refractivity contribution in [2.45, 2.75) is 93.6 Å². The zero-order valence-corrected chi connectivity index (χ0v) is 18.4.